The number of urea groups is 1. The Bertz CT molecular complexity index is 734. The van der Waals surface area contributed by atoms with Gasteiger partial charge in [0.1, 0.15) is 12.1 Å². The van der Waals surface area contributed by atoms with Crippen LogP contribution < -0.4 is 5.32 Å². The molecule has 0 aliphatic rings. The third kappa shape index (κ3) is 5.28. The number of esters is 1. The maximum Gasteiger partial charge on any atom is 0.360 e. The van der Waals surface area contributed by atoms with E-state index < -0.39 is 17.8 Å². The van der Waals surface area contributed by atoms with Crippen molar-refractivity contribution in [1.29, 1.82) is 0 Å². The Balaban J connectivity index is 2.08. The highest BCUT2D eigenvalue weighted by Crippen LogP contribution is 2.12. The summed E-state index contributed by atoms with van der Waals surface area (Å²) in [6.45, 7) is 0.524. The topological polar surface area (TPSA) is 93.9 Å². The van der Waals surface area contributed by atoms with E-state index in [4.69, 9.17) is 9.15 Å². The molecule has 9 heteroatoms. The predicted molar refractivity (Wildman–Crippen MR) is 85.5 cm³/mol. The number of carbonyl (C=O) groups is 2. The average molecular weight is 351 g/mol. The molecule has 0 bridgehead atoms. The minimum atomic E-state index is -0.636. The van der Waals surface area contributed by atoms with E-state index in [-0.39, 0.29) is 31.3 Å². The lowest BCUT2D eigenvalue weighted by Gasteiger charge is -2.21. The largest absolute Gasteiger partial charge is 0.464 e. The van der Waals surface area contributed by atoms with Crippen molar-refractivity contribution in [2.45, 2.75) is 6.54 Å². The van der Waals surface area contributed by atoms with Gasteiger partial charge in [-0.05, 0) is 18.2 Å². The monoisotopic (exact) mass is 351 g/mol. The van der Waals surface area contributed by atoms with Gasteiger partial charge in [-0.3, -0.25) is 0 Å². The maximum atomic E-state index is 13.2. The van der Waals surface area contributed by atoms with Crippen LogP contribution >= 0.6 is 0 Å². The summed E-state index contributed by atoms with van der Waals surface area (Å²) < 4.78 is 27.9. The molecule has 25 heavy (non-hydrogen) atoms. The van der Waals surface area contributed by atoms with Gasteiger partial charge in [-0.15, -0.1) is 0 Å². The van der Waals surface area contributed by atoms with E-state index in [1.807, 2.05) is 0 Å². The highest BCUT2D eigenvalue weighted by Gasteiger charge is 2.19. The molecule has 1 aromatic heterocycles. The van der Waals surface area contributed by atoms with Crippen LogP contribution in [0, 0.1) is 5.82 Å². The number of amides is 2. The van der Waals surface area contributed by atoms with E-state index in [2.05, 4.69) is 15.0 Å². The molecule has 0 fully saturated rings. The van der Waals surface area contributed by atoms with Crippen LogP contribution in [0.4, 0.5) is 14.9 Å². The van der Waals surface area contributed by atoms with Crippen molar-refractivity contribution >= 4 is 17.7 Å². The van der Waals surface area contributed by atoms with Crippen molar-refractivity contribution in [3.8, 4) is 0 Å². The summed E-state index contributed by atoms with van der Waals surface area (Å²) in [5.74, 6) is -0.940. The standard InChI is InChI=1S/C16H18FN3O5/c1-23-7-6-20(9-14-19-13(10-25-14)15(21)24-2)16(22)18-12-5-3-4-11(17)8-12/h3-5,8,10H,6-7,9H2,1-2H3,(H,18,22). The van der Waals surface area contributed by atoms with Gasteiger partial charge >= 0.3 is 12.0 Å². The number of nitrogens with zero attached hydrogens (tertiary/aromatic N) is 2. The second kappa shape index (κ2) is 8.78. The van der Waals surface area contributed by atoms with E-state index in [1.165, 1.54) is 37.3 Å². The minimum absolute atomic E-state index is 0.00149. The molecule has 0 saturated heterocycles. The summed E-state index contributed by atoms with van der Waals surface area (Å²) in [7, 11) is 2.73. The Labute approximate surface area is 143 Å². The molecule has 0 saturated carbocycles. The molecule has 0 atom stereocenters. The lowest BCUT2D eigenvalue weighted by atomic mass is 10.3. The SMILES string of the molecule is COCCN(Cc1nc(C(=O)OC)co1)C(=O)Nc1cccc(F)c1. The lowest BCUT2D eigenvalue weighted by molar-refractivity contribution is 0.0594. The molecule has 1 heterocycles. The van der Waals surface area contributed by atoms with E-state index in [1.54, 1.807) is 6.07 Å². The highest BCUT2D eigenvalue weighted by atomic mass is 19.1. The van der Waals surface area contributed by atoms with Crippen molar-refractivity contribution in [3.63, 3.8) is 0 Å². The number of carbonyl (C=O) groups excluding carboxylic acids is 2. The Hall–Kier alpha value is -2.94. The van der Waals surface area contributed by atoms with Crippen LogP contribution in [-0.2, 0) is 16.0 Å². The molecule has 2 amide bonds. The first kappa shape index (κ1) is 18.4. The molecule has 0 aliphatic carbocycles. The lowest BCUT2D eigenvalue weighted by Crippen LogP contribution is -2.37. The van der Waals surface area contributed by atoms with Crippen molar-refractivity contribution in [1.82, 2.24) is 9.88 Å². The van der Waals surface area contributed by atoms with Crippen LogP contribution in [-0.4, -0.2) is 49.3 Å². The van der Waals surface area contributed by atoms with Crippen LogP contribution in [0.15, 0.2) is 34.9 Å². The van der Waals surface area contributed by atoms with E-state index in [0.29, 0.717) is 5.69 Å². The third-order valence-corrected chi connectivity index (χ3v) is 3.20. The number of ether oxygens (including phenoxy) is 2. The van der Waals surface area contributed by atoms with Gasteiger partial charge in [0.25, 0.3) is 0 Å². The fourth-order valence-corrected chi connectivity index (χ4v) is 1.97. The number of benzene rings is 1. The number of halogens is 1. The van der Waals surface area contributed by atoms with Crippen molar-refractivity contribution in [3.05, 3.63) is 47.9 Å². The summed E-state index contributed by atoms with van der Waals surface area (Å²) in [5.41, 5.74) is 0.324. The molecule has 0 spiro atoms. The quantitative estimate of drug-likeness (QED) is 0.769. The molecular weight excluding hydrogens is 333 g/mol. The number of methoxy groups -OCH3 is 2. The summed E-state index contributed by atoms with van der Waals surface area (Å²) in [5, 5.41) is 2.58. The predicted octanol–water partition coefficient (Wildman–Crippen LogP) is 2.28. The van der Waals surface area contributed by atoms with Crippen LogP contribution in [0.2, 0.25) is 0 Å². The van der Waals surface area contributed by atoms with Crippen LogP contribution in [0.3, 0.4) is 0 Å². The molecule has 1 N–H and O–H groups in total. The normalized spacial score (nSPS) is 10.4. The number of oxazole rings is 1. The Morgan fingerprint density at radius 1 is 1.36 bits per heavy atom. The van der Waals surface area contributed by atoms with Gasteiger partial charge in [0.05, 0.1) is 20.3 Å². The summed E-state index contributed by atoms with van der Waals surface area (Å²) >= 11 is 0. The van der Waals surface area contributed by atoms with Crippen molar-refractivity contribution in [2.24, 2.45) is 0 Å². The number of hydrogen-bond donors (Lipinski definition) is 1. The molecular formula is C16H18FN3O5. The fourth-order valence-electron chi connectivity index (χ4n) is 1.97. The first-order valence-electron chi connectivity index (χ1n) is 7.36. The Kier molecular flexibility index (Phi) is 6.47. The second-order valence-electron chi connectivity index (χ2n) is 4.97. The van der Waals surface area contributed by atoms with Gasteiger partial charge in [-0.1, -0.05) is 6.07 Å². The van der Waals surface area contributed by atoms with Crippen LogP contribution in [0.1, 0.15) is 16.4 Å². The second-order valence-corrected chi connectivity index (χ2v) is 4.97. The van der Waals surface area contributed by atoms with E-state index in [0.717, 1.165) is 6.26 Å². The third-order valence-electron chi connectivity index (χ3n) is 3.20. The molecule has 2 aromatic rings. The van der Waals surface area contributed by atoms with E-state index in [9.17, 15) is 14.0 Å². The molecule has 2 rings (SSSR count). The number of aromatic nitrogens is 1. The van der Waals surface area contributed by atoms with Gasteiger partial charge in [0.2, 0.25) is 5.89 Å². The summed E-state index contributed by atoms with van der Waals surface area (Å²) in [6, 6.07) is 5.05. The zero-order chi connectivity index (χ0) is 18.2. The van der Waals surface area contributed by atoms with E-state index >= 15 is 0 Å². The Morgan fingerprint density at radius 2 is 2.16 bits per heavy atom. The summed E-state index contributed by atoms with van der Waals surface area (Å²) in [4.78, 5) is 29.1. The van der Waals surface area contributed by atoms with Gasteiger partial charge in [-0.25, -0.2) is 19.0 Å². The molecule has 0 unspecified atom stereocenters. The summed E-state index contributed by atoms with van der Waals surface area (Å²) in [6.07, 6.45) is 1.15. The van der Waals surface area contributed by atoms with Gasteiger partial charge in [0.15, 0.2) is 5.69 Å². The number of nitrogens with one attached hydrogen (secondary N) is 1. The number of anilines is 1. The molecule has 1 aromatic carbocycles. The van der Waals surface area contributed by atoms with Gasteiger partial charge < -0.3 is 24.1 Å². The zero-order valence-corrected chi connectivity index (χ0v) is 13.8. The number of hydrogen-bond acceptors (Lipinski definition) is 6. The smallest absolute Gasteiger partial charge is 0.360 e. The molecule has 0 aliphatic heterocycles. The van der Waals surface area contributed by atoms with Crippen LogP contribution in [0.5, 0.6) is 0 Å². The van der Waals surface area contributed by atoms with Crippen LogP contribution in [0.25, 0.3) is 0 Å². The highest BCUT2D eigenvalue weighted by molar-refractivity contribution is 5.89. The molecule has 134 valence electrons. The van der Waals surface area contributed by atoms with Gasteiger partial charge in [-0.2, -0.15) is 0 Å². The molecule has 8 nitrogen and oxygen atoms in total. The van der Waals surface area contributed by atoms with Gasteiger partial charge in [0, 0.05) is 19.3 Å². The van der Waals surface area contributed by atoms with Crippen molar-refractivity contribution < 1.29 is 27.9 Å². The minimum Gasteiger partial charge on any atom is -0.464 e. The first-order valence-corrected chi connectivity index (χ1v) is 7.36. The average Bonchev–Trinajstić information content (AvgIpc) is 3.06. The first-order chi connectivity index (χ1) is 12.0. The number of rotatable bonds is 7. The fraction of sp³-hybridized carbons (Fsp3) is 0.312. The van der Waals surface area contributed by atoms with Crippen molar-refractivity contribution in [2.75, 3.05) is 32.7 Å². The maximum absolute atomic E-state index is 13.2. The molecule has 0 radical (unpaired) electrons. The zero-order valence-electron chi connectivity index (χ0n) is 13.8. The Morgan fingerprint density at radius 3 is 2.84 bits per heavy atom.